The number of hydrogen-bond donors (Lipinski definition) is 2. The third-order valence-corrected chi connectivity index (χ3v) is 4.22. The number of nitrogens with zero attached hydrogens (tertiary/aromatic N) is 2. The Balaban J connectivity index is 1.98. The van der Waals surface area contributed by atoms with Gasteiger partial charge >= 0.3 is 0 Å². The van der Waals surface area contributed by atoms with Crippen LogP contribution in [0.15, 0.2) is 4.60 Å². The molecule has 3 heterocycles. The van der Waals surface area contributed by atoms with Crippen LogP contribution >= 0.6 is 15.9 Å². The Labute approximate surface area is 103 Å². The summed E-state index contributed by atoms with van der Waals surface area (Å²) in [6, 6.07) is 0. The highest BCUT2D eigenvalue weighted by atomic mass is 79.9. The molecular formula is C11H16BrN3O. The first-order valence-electron chi connectivity index (χ1n) is 5.89. The fourth-order valence-electron chi connectivity index (χ4n) is 2.71. The first-order chi connectivity index (χ1) is 7.75. The maximum Gasteiger partial charge on any atom is 0.127 e. The van der Waals surface area contributed by atoms with Crippen LogP contribution in [0.2, 0.25) is 0 Å². The lowest BCUT2D eigenvalue weighted by molar-refractivity contribution is 0.129. The van der Waals surface area contributed by atoms with Crippen molar-refractivity contribution in [1.82, 2.24) is 14.9 Å². The maximum atomic E-state index is 9.75. The zero-order chi connectivity index (χ0) is 11.1. The third kappa shape index (κ3) is 1.71. The van der Waals surface area contributed by atoms with Crippen LogP contribution in [0, 0.1) is 0 Å². The summed E-state index contributed by atoms with van der Waals surface area (Å²) in [5.74, 6) is 1.65. The minimum Gasteiger partial charge on any atom is -0.391 e. The first-order valence-corrected chi connectivity index (χ1v) is 6.68. The van der Waals surface area contributed by atoms with Crippen molar-refractivity contribution in [2.75, 3.05) is 13.1 Å². The zero-order valence-electron chi connectivity index (χ0n) is 9.12. The van der Waals surface area contributed by atoms with Crippen molar-refractivity contribution in [2.45, 2.75) is 37.8 Å². The van der Waals surface area contributed by atoms with Gasteiger partial charge in [0.15, 0.2) is 0 Å². The fraction of sp³-hybridized carbons (Fsp3) is 0.727. The van der Waals surface area contributed by atoms with E-state index in [9.17, 15) is 5.11 Å². The highest BCUT2D eigenvalue weighted by Gasteiger charge is 2.28. The monoisotopic (exact) mass is 285 g/mol. The van der Waals surface area contributed by atoms with Gasteiger partial charge < -0.3 is 15.0 Å². The average Bonchev–Trinajstić information content (AvgIpc) is 2.86. The Bertz CT molecular complexity index is 398. The van der Waals surface area contributed by atoms with Gasteiger partial charge in [-0.25, -0.2) is 4.98 Å². The number of nitrogens with one attached hydrogen (secondary N) is 1. The molecule has 2 atom stereocenters. The van der Waals surface area contributed by atoms with Gasteiger partial charge in [-0.3, -0.25) is 0 Å². The minimum absolute atomic E-state index is 0.207. The highest BCUT2D eigenvalue weighted by molar-refractivity contribution is 9.10. The highest BCUT2D eigenvalue weighted by Crippen LogP contribution is 2.30. The Hall–Kier alpha value is -0.390. The van der Waals surface area contributed by atoms with Gasteiger partial charge in [0.05, 0.1) is 18.3 Å². The number of aromatic nitrogens is 2. The van der Waals surface area contributed by atoms with Crippen molar-refractivity contribution in [3.05, 3.63) is 16.1 Å². The summed E-state index contributed by atoms with van der Waals surface area (Å²) in [6.45, 7) is 2.80. The predicted octanol–water partition coefficient (Wildman–Crippen LogP) is 1.03. The van der Waals surface area contributed by atoms with E-state index in [0.29, 0.717) is 12.5 Å². The van der Waals surface area contributed by atoms with Crippen molar-refractivity contribution >= 4 is 15.9 Å². The number of rotatable bonds is 1. The summed E-state index contributed by atoms with van der Waals surface area (Å²) in [5.41, 5.74) is 1.26. The molecule has 2 aliphatic heterocycles. The Morgan fingerprint density at radius 3 is 3.06 bits per heavy atom. The topological polar surface area (TPSA) is 50.1 Å². The molecule has 2 N–H and O–H groups in total. The van der Waals surface area contributed by atoms with Crippen LogP contribution in [0.5, 0.6) is 0 Å². The molecule has 0 spiro atoms. The predicted molar refractivity (Wildman–Crippen MR) is 64.5 cm³/mol. The maximum absolute atomic E-state index is 9.75. The average molecular weight is 286 g/mol. The second-order valence-electron chi connectivity index (χ2n) is 4.70. The molecule has 88 valence electrons. The van der Waals surface area contributed by atoms with E-state index in [1.807, 2.05) is 0 Å². The minimum atomic E-state index is -0.207. The van der Waals surface area contributed by atoms with Gasteiger partial charge in [-0.15, -0.1) is 0 Å². The van der Waals surface area contributed by atoms with Crippen molar-refractivity contribution in [3.8, 4) is 0 Å². The second kappa shape index (κ2) is 4.13. The molecule has 0 aromatic carbocycles. The molecule has 0 radical (unpaired) electrons. The van der Waals surface area contributed by atoms with Gasteiger partial charge in [0, 0.05) is 12.5 Å². The lowest BCUT2D eigenvalue weighted by Crippen LogP contribution is -2.26. The van der Waals surface area contributed by atoms with Gasteiger partial charge in [0.1, 0.15) is 10.4 Å². The molecule has 0 amide bonds. The molecule has 0 saturated carbocycles. The summed E-state index contributed by atoms with van der Waals surface area (Å²) in [6.07, 6.45) is 2.72. The van der Waals surface area contributed by atoms with Crippen LogP contribution in [0.25, 0.3) is 0 Å². The summed E-state index contributed by atoms with van der Waals surface area (Å²) < 4.78 is 3.19. The fourth-order valence-corrected chi connectivity index (χ4v) is 3.30. The number of hydrogen-bond acceptors (Lipinski definition) is 3. The van der Waals surface area contributed by atoms with E-state index >= 15 is 0 Å². The van der Waals surface area contributed by atoms with Gasteiger partial charge in [0.25, 0.3) is 0 Å². The molecule has 1 aromatic rings. The van der Waals surface area contributed by atoms with E-state index in [1.54, 1.807) is 0 Å². The molecule has 3 rings (SSSR count). The van der Waals surface area contributed by atoms with E-state index in [2.05, 4.69) is 30.8 Å². The quantitative estimate of drug-likeness (QED) is 0.810. The van der Waals surface area contributed by atoms with Crippen molar-refractivity contribution in [3.63, 3.8) is 0 Å². The van der Waals surface area contributed by atoms with E-state index in [4.69, 9.17) is 0 Å². The SMILES string of the molecule is OC1CCc2c(Br)nc(C3CCNC3)n2C1. The van der Waals surface area contributed by atoms with Gasteiger partial charge in [0.2, 0.25) is 0 Å². The number of aliphatic hydroxyl groups is 1. The molecule has 1 aromatic heterocycles. The molecule has 1 fully saturated rings. The lowest BCUT2D eigenvalue weighted by Gasteiger charge is -2.23. The number of halogens is 1. The molecule has 1 saturated heterocycles. The summed E-state index contributed by atoms with van der Waals surface area (Å²) in [7, 11) is 0. The molecular weight excluding hydrogens is 270 g/mol. The molecule has 2 unspecified atom stereocenters. The van der Waals surface area contributed by atoms with Crippen molar-refractivity contribution in [2.24, 2.45) is 0 Å². The van der Waals surface area contributed by atoms with Gasteiger partial charge in [-0.2, -0.15) is 0 Å². The van der Waals surface area contributed by atoms with E-state index in [-0.39, 0.29) is 6.10 Å². The van der Waals surface area contributed by atoms with Crippen LogP contribution < -0.4 is 5.32 Å². The first kappa shape index (κ1) is 10.7. The summed E-state index contributed by atoms with van der Waals surface area (Å²) >= 11 is 3.54. The van der Waals surface area contributed by atoms with Gasteiger partial charge in [-0.1, -0.05) is 0 Å². The Kier molecular flexibility index (Phi) is 2.77. The van der Waals surface area contributed by atoms with Gasteiger partial charge in [-0.05, 0) is 41.7 Å². The van der Waals surface area contributed by atoms with Crippen molar-refractivity contribution in [1.29, 1.82) is 0 Å². The third-order valence-electron chi connectivity index (χ3n) is 3.59. The molecule has 4 nitrogen and oxygen atoms in total. The lowest BCUT2D eigenvalue weighted by atomic mass is 10.1. The second-order valence-corrected chi connectivity index (χ2v) is 5.45. The molecule has 2 aliphatic rings. The number of aliphatic hydroxyl groups excluding tert-OH is 1. The van der Waals surface area contributed by atoms with Crippen LogP contribution in [0.3, 0.4) is 0 Å². The van der Waals surface area contributed by atoms with E-state index < -0.39 is 0 Å². The molecule has 0 bridgehead atoms. The molecule has 5 heteroatoms. The van der Waals surface area contributed by atoms with Crippen LogP contribution in [-0.2, 0) is 13.0 Å². The molecule has 0 aliphatic carbocycles. The summed E-state index contributed by atoms with van der Waals surface area (Å²) in [5, 5.41) is 13.1. The van der Waals surface area contributed by atoms with Crippen LogP contribution in [0.4, 0.5) is 0 Å². The van der Waals surface area contributed by atoms with Crippen molar-refractivity contribution < 1.29 is 5.11 Å². The van der Waals surface area contributed by atoms with Crippen LogP contribution in [-0.4, -0.2) is 33.9 Å². The number of fused-ring (bicyclic) bond motifs is 1. The zero-order valence-corrected chi connectivity index (χ0v) is 10.7. The standard InChI is InChI=1S/C11H16BrN3O/c12-10-9-2-1-8(16)6-15(9)11(14-10)7-3-4-13-5-7/h7-8,13,16H,1-6H2. The van der Waals surface area contributed by atoms with Crippen LogP contribution in [0.1, 0.15) is 30.3 Å². The Morgan fingerprint density at radius 1 is 1.44 bits per heavy atom. The Morgan fingerprint density at radius 2 is 2.31 bits per heavy atom. The normalized spacial score (nSPS) is 29.4. The van der Waals surface area contributed by atoms with E-state index in [1.165, 1.54) is 5.69 Å². The number of imidazole rings is 1. The summed E-state index contributed by atoms with van der Waals surface area (Å²) in [4.78, 5) is 4.64. The smallest absolute Gasteiger partial charge is 0.127 e. The largest absolute Gasteiger partial charge is 0.391 e. The van der Waals surface area contributed by atoms with E-state index in [0.717, 1.165) is 42.8 Å². The molecule has 16 heavy (non-hydrogen) atoms.